The van der Waals surface area contributed by atoms with E-state index >= 15 is 0 Å². The number of nitrogens with zero attached hydrogens (tertiary/aromatic N) is 3. The molecule has 0 spiro atoms. The fourth-order valence-electron chi connectivity index (χ4n) is 2.22. The Hall–Kier alpha value is -2.16. The molecule has 0 saturated heterocycles. The van der Waals surface area contributed by atoms with Crippen LogP contribution in [0.3, 0.4) is 0 Å². The molecular weight excluding hydrogens is 222 g/mol. The Morgan fingerprint density at radius 2 is 2.06 bits per heavy atom. The molecule has 0 amide bonds. The van der Waals surface area contributed by atoms with E-state index in [9.17, 15) is 0 Å². The first-order chi connectivity index (χ1) is 8.86. The van der Waals surface area contributed by atoms with Gasteiger partial charge in [0.15, 0.2) is 0 Å². The lowest BCUT2D eigenvalue weighted by Crippen LogP contribution is -2.03. The summed E-state index contributed by atoms with van der Waals surface area (Å²) in [4.78, 5) is 8.68. The van der Waals surface area contributed by atoms with E-state index in [0.717, 1.165) is 24.3 Å². The third kappa shape index (κ3) is 1.99. The van der Waals surface area contributed by atoms with Crippen LogP contribution in [0.25, 0.3) is 10.9 Å². The molecule has 18 heavy (non-hydrogen) atoms. The Morgan fingerprint density at radius 1 is 1.11 bits per heavy atom. The molecule has 1 aromatic carbocycles. The predicted octanol–water partition coefficient (Wildman–Crippen LogP) is 3.04. The minimum atomic E-state index is 0.869. The normalized spacial score (nSPS) is 10.9. The van der Waals surface area contributed by atoms with Crippen LogP contribution >= 0.6 is 0 Å². The number of hydrogen-bond donors (Lipinski definition) is 0. The summed E-state index contributed by atoms with van der Waals surface area (Å²) in [6, 6.07) is 10.5. The van der Waals surface area contributed by atoms with Gasteiger partial charge in [-0.2, -0.15) is 0 Å². The van der Waals surface area contributed by atoms with Crippen molar-refractivity contribution in [1.29, 1.82) is 0 Å². The maximum atomic E-state index is 4.34. The minimum absolute atomic E-state index is 0.869. The molecule has 0 fully saturated rings. The Labute approximate surface area is 106 Å². The minimum Gasteiger partial charge on any atom is -0.331 e. The van der Waals surface area contributed by atoms with E-state index in [-0.39, 0.29) is 0 Å². The van der Waals surface area contributed by atoms with Crippen molar-refractivity contribution in [2.24, 2.45) is 0 Å². The number of benzene rings is 1. The zero-order chi connectivity index (χ0) is 12.4. The lowest BCUT2D eigenvalue weighted by Gasteiger charge is -2.07. The SMILES string of the molecule is CCc1nccn1Cc1ccc2ncccc2c1. The molecule has 3 nitrogen and oxygen atoms in total. The van der Waals surface area contributed by atoms with Gasteiger partial charge in [-0.15, -0.1) is 0 Å². The zero-order valence-corrected chi connectivity index (χ0v) is 10.4. The van der Waals surface area contributed by atoms with E-state index in [2.05, 4.69) is 45.7 Å². The summed E-state index contributed by atoms with van der Waals surface area (Å²) >= 11 is 0. The fraction of sp³-hybridized carbons (Fsp3) is 0.200. The quantitative estimate of drug-likeness (QED) is 0.701. The van der Waals surface area contributed by atoms with Crippen molar-refractivity contribution in [3.8, 4) is 0 Å². The third-order valence-electron chi connectivity index (χ3n) is 3.14. The second-order valence-electron chi connectivity index (χ2n) is 4.36. The van der Waals surface area contributed by atoms with Gasteiger partial charge < -0.3 is 4.57 Å². The van der Waals surface area contributed by atoms with E-state index in [1.54, 1.807) is 0 Å². The summed E-state index contributed by atoms with van der Waals surface area (Å²) in [6.07, 6.45) is 6.68. The summed E-state index contributed by atoms with van der Waals surface area (Å²) in [7, 11) is 0. The second kappa shape index (κ2) is 4.61. The van der Waals surface area contributed by atoms with Crippen LogP contribution in [0.15, 0.2) is 48.9 Å². The highest BCUT2D eigenvalue weighted by molar-refractivity contribution is 5.78. The van der Waals surface area contributed by atoms with Crippen LogP contribution in [-0.4, -0.2) is 14.5 Å². The Balaban J connectivity index is 1.95. The highest BCUT2D eigenvalue weighted by Gasteiger charge is 2.02. The van der Waals surface area contributed by atoms with Gasteiger partial charge in [0.1, 0.15) is 5.82 Å². The molecule has 0 aliphatic heterocycles. The Bertz CT molecular complexity index is 670. The number of imidazole rings is 1. The smallest absolute Gasteiger partial charge is 0.108 e. The van der Waals surface area contributed by atoms with Gasteiger partial charge in [0.2, 0.25) is 0 Å². The van der Waals surface area contributed by atoms with Crippen molar-refractivity contribution in [2.45, 2.75) is 19.9 Å². The van der Waals surface area contributed by atoms with Crippen molar-refractivity contribution < 1.29 is 0 Å². The van der Waals surface area contributed by atoms with Gasteiger partial charge in [0.25, 0.3) is 0 Å². The van der Waals surface area contributed by atoms with E-state index in [1.807, 2.05) is 24.7 Å². The molecule has 90 valence electrons. The summed E-state index contributed by atoms with van der Waals surface area (Å²) in [5.41, 5.74) is 2.32. The Morgan fingerprint density at radius 3 is 2.94 bits per heavy atom. The lowest BCUT2D eigenvalue weighted by molar-refractivity contribution is 0.733. The standard InChI is InChI=1S/C15H15N3/c1-2-15-17-8-9-18(15)11-12-5-6-14-13(10-12)4-3-7-16-14/h3-10H,2,11H2,1H3. The highest BCUT2D eigenvalue weighted by Crippen LogP contribution is 2.14. The topological polar surface area (TPSA) is 30.7 Å². The van der Waals surface area contributed by atoms with Crippen LogP contribution in [0.2, 0.25) is 0 Å². The summed E-state index contributed by atoms with van der Waals surface area (Å²) in [5.74, 6) is 1.13. The summed E-state index contributed by atoms with van der Waals surface area (Å²) < 4.78 is 2.19. The van der Waals surface area contributed by atoms with Gasteiger partial charge in [-0.25, -0.2) is 4.98 Å². The molecule has 2 aromatic heterocycles. The molecule has 3 heteroatoms. The van der Waals surface area contributed by atoms with Gasteiger partial charge in [-0.05, 0) is 23.8 Å². The first-order valence-electron chi connectivity index (χ1n) is 6.20. The number of rotatable bonds is 3. The molecule has 0 atom stereocenters. The number of pyridine rings is 1. The van der Waals surface area contributed by atoms with Crippen molar-refractivity contribution in [3.63, 3.8) is 0 Å². The molecule has 0 saturated carbocycles. The molecule has 0 aliphatic rings. The van der Waals surface area contributed by atoms with Crippen molar-refractivity contribution >= 4 is 10.9 Å². The van der Waals surface area contributed by atoms with Gasteiger partial charge in [0, 0.05) is 36.9 Å². The van der Waals surface area contributed by atoms with Crippen LogP contribution in [0.5, 0.6) is 0 Å². The number of aryl methyl sites for hydroxylation is 1. The summed E-state index contributed by atoms with van der Waals surface area (Å²) in [5, 5.41) is 1.19. The maximum absolute atomic E-state index is 4.34. The van der Waals surface area contributed by atoms with Crippen LogP contribution in [0.1, 0.15) is 18.3 Å². The lowest BCUT2D eigenvalue weighted by atomic mass is 10.1. The van der Waals surface area contributed by atoms with Crippen LogP contribution in [-0.2, 0) is 13.0 Å². The van der Waals surface area contributed by atoms with Gasteiger partial charge in [0.05, 0.1) is 5.52 Å². The van der Waals surface area contributed by atoms with Crippen LogP contribution < -0.4 is 0 Å². The van der Waals surface area contributed by atoms with Gasteiger partial charge in [-0.3, -0.25) is 4.98 Å². The largest absolute Gasteiger partial charge is 0.331 e. The second-order valence-corrected chi connectivity index (χ2v) is 4.36. The molecule has 3 aromatic rings. The van der Waals surface area contributed by atoms with E-state index < -0.39 is 0 Å². The maximum Gasteiger partial charge on any atom is 0.108 e. The number of aromatic nitrogens is 3. The monoisotopic (exact) mass is 237 g/mol. The van der Waals surface area contributed by atoms with Gasteiger partial charge >= 0.3 is 0 Å². The van der Waals surface area contributed by atoms with Crippen LogP contribution in [0, 0.1) is 0 Å². The predicted molar refractivity (Wildman–Crippen MR) is 72.5 cm³/mol. The first kappa shape index (κ1) is 11.0. The zero-order valence-electron chi connectivity index (χ0n) is 10.4. The third-order valence-corrected chi connectivity index (χ3v) is 3.14. The summed E-state index contributed by atoms with van der Waals surface area (Å²) in [6.45, 7) is 3.00. The molecular formula is C15H15N3. The molecule has 0 radical (unpaired) electrons. The van der Waals surface area contributed by atoms with Crippen LogP contribution in [0.4, 0.5) is 0 Å². The van der Waals surface area contributed by atoms with Crippen molar-refractivity contribution in [2.75, 3.05) is 0 Å². The van der Waals surface area contributed by atoms with E-state index in [0.29, 0.717) is 0 Å². The highest BCUT2D eigenvalue weighted by atomic mass is 15.1. The molecule has 0 aliphatic carbocycles. The number of hydrogen-bond acceptors (Lipinski definition) is 2. The molecule has 0 unspecified atom stereocenters. The number of fused-ring (bicyclic) bond motifs is 1. The van der Waals surface area contributed by atoms with Crippen molar-refractivity contribution in [1.82, 2.24) is 14.5 Å². The van der Waals surface area contributed by atoms with E-state index in [1.165, 1.54) is 10.9 Å². The molecule has 2 heterocycles. The van der Waals surface area contributed by atoms with Gasteiger partial charge in [-0.1, -0.05) is 19.1 Å². The fourth-order valence-corrected chi connectivity index (χ4v) is 2.22. The van der Waals surface area contributed by atoms with Crippen molar-refractivity contribution in [3.05, 3.63) is 60.3 Å². The molecule has 0 N–H and O–H groups in total. The molecule has 0 bridgehead atoms. The Kier molecular flexibility index (Phi) is 2.81. The first-order valence-corrected chi connectivity index (χ1v) is 6.20. The average Bonchev–Trinajstić information content (AvgIpc) is 2.86. The average molecular weight is 237 g/mol. The molecule has 3 rings (SSSR count). The van der Waals surface area contributed by atoms with E-state index in [4.69, 9.17) is 0 Å².